The second-order valence-electron chi connectivity index (χ2n) is 4.38. The zero-order chi connectivity index (χ0) is 13.2. The lowest BCUT2D eigenvalue weighted by atomic mass is 10.0. The normalized spacial score (nSPS) is 21.1. The van der Waals surface area contributed by atoms with Crippen molar-refractivity contribution in [3.05, 3.63) is 23.9 Å². The number of pyridine rings is 1. The minimum absolute atomic E-state index is 0.231. The molecule has 0 radical (unpaired) electrons. The summed E-state index contributed by atoms with van der Waals surface area (Å²) in [6, 6.07) is 4.31. The van der Waals surface area contributed by atoms with Gasteiger partial charge in [-0.25, -0.2) is 4.98 Å². The first-order valence-corrected chi connectivity index (χ1v) is 7.01. The molecule has 1 aromatic heterocycles. The Hall–Kier alpha value is -0.780. The molecule has 100 valence electrons. The van der Waals surface area contributed by atoms with Crippen LogP contribution < -0.4 is 4.90 Å². The van der Waals surface area contributed by atoms with Crippen LogP contribution in [0.3, 0.4) is 0 Å². The molecule has 1 aliphatic rings. The number of piperidine rings is 1. The van der Waals surface area contributed by atoms with E-state index in [-0.39, 0.29) is 6.04 Å². The van der Waals surface area contributed by atoms with Crippen LogP contribution in [-0.4, -0.2) is 22.9 Å². The molecule has 1 atom stereocenters. The quantitative estimate of drug-likeness (QED) is 0.769. The Morgan fingerprint density at radius 3 is 2.78 bits per heavy atom. The van der Waals surface area contributed by atoms with Crippen molar-refractivity contribution in [1.29, 1.82) is 0 Å². The monoisotopic (exact) mass is 322 g/mol. The fourth-order valence-corrected chi connectivity index (χ4v) is 2.88. The van der Waals surface area contributed by atoms with Crippen molar-refractivity contribution in [1.82, 2.24) is 4.98 Å². The summed E-state index contributed by atoms with van der Waals surface area (Å²) in [5.41, 5.74) is -0.820. The first-order chi connectivity index (χ1) is 8.52. The topological polar surface area (TPSA) is 16.1 Å². The van der Waals surface area contributed by atoms with Crippen LogP contribution in [0, 0.1) is 0 Å². The standard InChI is InChI=1S/C12H14BrF3N2/c13-8-9-4-1-2-7-18(9)11-6-3-5-10(17-11)12(14,15)16/h3,5-6,9H,1-2,4,7-8H2. The third-order valence-corrected chi connectivity index (χ3v) is 3.87. The fourth-order valence-electron chi connectivity index (χ4n) is 2.20. The van der Waals surface area contributed by atoms with Crippen LogP contribution in [0.5, 0.6) is 0 Å². The van der Waals surface area contributed by atoms with Crippen LogP contribution in [-0.2, 0) is 6.18 Å². The van der Waals surface area contributed by atoms with E-state index in [1.165, 1.54) is 6.07 Å². The highest BCUT2D eigenvalue weighted by molar-refractivity contribution is 9.09. The average Bonchev–Trinajstić information content (AvgIpc) is 2.38. The van der Waals surface area contributed by atoms with E-state index in [4.69, 9.17) is 0 Å². The number of anilines is 1. The molecule has 18 heavy (non-hydrogen) atoms. The number of aromatic nitrogens is 1. The molecule has 0 aromatic carbocycles. The van der Waals surface area contributed by atoms with Gasteiger partial charge in [0.05, 0.1) is 0 Å². The van der Waals surface area contributed by atoms with E-state index < -0.39 is 11.9 Å². The number of halogens is 4. The molecule has 1 aliphatic heterocycles. The maximum absolute atomic E-state index is 12.6. The van der Waals surface area contributed by atoms with E-state index in [0.717, 1.165) is 37.2 Å². The minimum Gasteiger partial charge on any atom is -0.353 e. The lowest BCUT2D eigenvalue weighted by Gasteiger charge is -2.35. The Kier molecular flexibility index (Phi) is 4.14. The Morgan fingerprint density at radius 1 is 1.33 bits per heavy atom. The summed E-state index contributed by atoms with van der Waals surface area (Å²) < 4.78 is 37.9. The first-order valence-electron chi connectivity index (χ1n) is 5.89. The van der Waals surface area contributed by atoms with Gasteiger partial charge < -0.3 is 4.90 Å². The Labute approximate surface area is 112 Å². The SMILES string of the molecule is FC(F)(F)c1cccc(N2CCCCC2CBr)n1. The Bertz CT molecular complexity index is 409. The number of rotatable bonds is 2. The molecule has 2 heterocycles. The van der Waals surface area contributed by atoms with E-state index in [2.05, 4.69) is 20.9 Å². The predicted molar refractivity (Wildman–Crippen MR) is 68.0 cm³/mol. The molecule has 0 aliphatic carbocycles. The molecule has 0 bridgehead atoms. The molecule has 1 fully saturated rings. The highest BCUT2D eigenvalue weighted by Gasteiger charge is 2.33. The summed E-state index contributed by atoms with van der Waals surface area (Å²) >= 11 is 3.41. The zero-order valence-electron chi connectivity index (χ0n) is 9.75. The molecule has 0 amide bonds. The number of hydrogen-bond acceptors (Lipinski definition) is 2. The maximum Gasteiger partial charge on any atom is 0.433 e. The van der Waals surface area contributed by atoms with Gasteiger partial charge in [0, 0.05) is 17.9 Å². The molecule has 1 aromatic rings. The van der Waals surface area contributed by atoms with Gasteiger partial charge in [-0.05, 0) is 31.4 Å². The molecule has 1 saturated heterocycles. The van der Waals surface area contributed by atoms with Crippen LogP contribution in [0.15, 0.2) is 18.2 Å². The third kappa shape index (κ3) is 2.96. The van der Waals surface area contributed by atoms with Gasteiger partial charge in [-0.3, -0.25) is 0 Å². The van der Waals surface area contributed by atoms with Crippen LogP contribution in [0.1, 0.15) is 25.0 Å². The number of alkyl halides is 4. The lowest BCUT2D eigenvalue weighted by molar-refractivity contribution is -0.141. The molecular formula is C12H14BrF3N2. The van der Waals surface area contributed by atoms with E-state index in [1.807, 2.05) is 4.90 Å². The second-order valence-corrected chi connectivity index (χ2v) is 5.02. The molecule has 0 N–H and O–H groups in total. The highest BCUT2D eigenvalue weighted by Crippen LogP contribution is 2.30. The van der Waals surface area contributed by atoms with Crippen molar-refractivity contribution in [2.45, 2.75) is 31.5 Å². The molecule has 0 spiro atoms. The summed E-state index contributed by atoms with van der Waals surface area (Å²) in [5, 5.41) is 0.755. The van der Waals surface area contributed by atoms with Gasteiger partial charge in [0.1, 0.15) is 11.5 Å². The van der Waals surface area contributed by atoms with E-state index in [1.54, 1.807) is 6.07 Å². The summed E-state index contributed by atoms with van der Waals surface area (Å²) in [6.45, 7) is 0.768. The van der Waals surface area contributed by atoms with Crippen molar-refractivity contribution in [3.63, 3.8) is 0 Å². The van der Waals surface area contributed by atoms with Gasteiger partial charge in [0.25, 0.3) is 0 Å². The van der Waals surface area contributed by atoms with Gasteiger partial charge in [-0.15, -0.1) is 0 Å². The lowest BCUT2D eigenvalue weighted by Crippen LogP contribution is -2.41. The van der Waals surface area contributed by atoms with Gasteiger partial charge >= 0.3 is 6.18 Å². The Morgan fingerprint density at radius 2 is 2.11 bits per heavy atom. The predicted octanol–water partition coefficient (Wildman–Crippen LogP) is 3.85. The summed E-state index contributed by atoms with van der Waals surface area (Å²) in [5.74, 6) is 0.425. The largest absolute Gasteiger partial charge is 0.433 e. The summed E-state index contributed by atoms with van der Waals surface area (Å²) in [7, 11) is 0. The summed E-state index contributed by atoms with van der Waals surface area (Å²) in [4.78, 5) is 5.71. The molecule has 1 unspecified atom stereocenters. The van der Waals surface area contributed by atoms with Crippen molar-refractivity contribution < 1.29 is 13.2 Å². The molecule has 2 nitrogen and oxygen atoms in total. The van der Waals surface area contributed by atoms with Gasteiger partial charge in [-0.1, -0.05) is 22.0 Å². The first kappa shape index (κ1) is 13.6. The van der Waals surface area contributed by atoms with Crippen molar-refractivity contribution in [3.8, 4) is 0 Å². The molecule has 2 rings (SSSR count). The van der Waals surface area contributed by atoms with E-state index in [0.29, 0.717) is 5.82 Å². The van der Waals surface area contributed by atoms with Crippen molar-refractivity contribution >= 4 is 21.7 Å². The second kappa shape index (κ2) is 5.47. The number of hydrogen-bond donors (Lipinski definition) is 0. The zero-order valence-corrected chi connectivity index (χ0v) is 11.3. The van der Waals surface area contributed by atoms with E-state index >= 15 is 0 Å². The van der Waals surface area contributed by atoms with Gasteiger partial charge in [0.2, 0.25) is 0 Å². The Balaban J connectivity index is 2.27. The molecule has 0 saturated carbocycles. The van der Waals surface area contributed by atoms with Crippen LogP contribution in [0.2, 0.25) is 0 Å². The van der Waals surface area contributed by atoms with Crippen LogP contribution in [0.25, 0.3) is 0 Å². The van der Waals surface area contributed by atoms with Crippen molar-refractivity contribution in [2.75, 3.05) is 16.8 Å². The van der Waals surface area contributed by atoms with Crippen LogP contribution in [0.4, 0.5) is 19.0 Å². The van der Waals surface area contributed by atoms with Gasteiger partial charge in [0.15, 0.2) is 0 Å². The highest BCUT2D eigenvalue weighted by atomic mass is 79.9. The van der Waals surface area contributed by atoms with Gasteiger partial charge in [-0.2, -0.15) is 13.2 Å². The van der Waals surface area contributed by atoms with Crippen molar-refractivity contribution in [2.24, 2.45) is 0 Å². The van der Waals surface area contributed by atoms with E-state index in [9.17, 15) is 13.2 Å². The molecule has 6 heteroatoms. The fraction of sp³-hybridized carbons (Fsp3) is 0.583. The molecular weight excluding hydrogens is 309 g/mol. The summed E-state index contributed by atoms with van der Waals surface area (Å²) in [6.07, 6.45) is -1.27. The van der Waals surface area contributed by atoms with Crippen LogP contribution >= 0.6 is 15.9 Å². The smallest absolute Gasteiger partial charge is 0.353 e. The maximum atomic E-state index is 12.6. The number of nitrogens with zero attached hydrogens (tertiary/aromatic N) is 2. The minimum atomic E-state index is -4.38. The average molecular weight is 323 g/mol. The third-order valence-electron chi connectivity index (χ3n) is 3.12.